The van der Waals surface area contributed by atoms with E-state index in [1.54, 1.807) is 12.0 Å². The third-order valence-corrected chi connectivity index (χ3v) is 9.02. The number of para-hydroxylation sites is 2. The minimum atomic E-state index is -0.0376. The zero-order valence-corrected chi connectivity index (χ0v) is 24.7. The quantitative estimate of drug-likeness (QED) is 0.319. The molecule has 9 nitrogen and oxygen atoms in total. The van der Waals surface area contributed by atoms with Crippen LogP contribution in [0.4, 0.5) is 17.2 Å². The molecule has 1 saturated carbocycles. The Labute approximate surface area is 247 Å². The first-order valence-corrected chi connectivity index (χ1v) is 15.1. The van der Waals surface area contributed by atoms with Crippen molar-refractivity contribution in [2.24, 2.45) is 0 Å². The summed E-state index contributed by atoms with van der Waals surface area (Å²) in [6, 6.07) is 18.6. The molecule has 6 rings (SSSR count). The van der Waals surface area contributed by atoms with E-state index in [0.29, 0.717) is 47.2 Å². The molecule has 3 heterocycles. The number of nitrogens with two attached hydrogens (primary N) is 1. The number of likely N-dealkylation sites (N-methyl/N-ethyl adjacent to an activating group) is 1. The van der Waals surface area contributed by atoms with Gasteiger partial charge >= 0.3 is 0 Å². The summed E-state index contributed by atoms with van der Waals surface area (Å²) in [6.45, 7) is 4.56. The van der Waals surface area contributed by atoms with Gasteiger partial charge in [0.2, 0.25) is 5.91 Å². The number of amides is 1. The Morgan fingerprint density at radius 3 is 2.36 bits per heavy atom. The van der Waals surface area contributed by atoms with Crippen LogP contribution in [-0.2, 0) is 11.2 Å². The largest absolute Gasteiger partial charge is 0.495 e. The van der Waals surface area contributed by atoms with Crippen LogP contribution in [0.2, 0.25) is 0 Å². The number of aromatic nitrogens is 3. The minimum absolute atomic E-state index is 0.0376. The van der Waals surface area contributed by atoms with Crippen molar-refractivity contribution < 1.29 is 9.53 Å². The van der Waals surface area contributed by atoms with Gasteiger partial charge in [-0.2, -0.15) is 0 Å². The Morgan fingerprint density at radius 1 is 0.929 bits per heavy atom. The fourth-order valence-electron chi connectivity index (χ4n) is 6.65. The molecule has 0 unspecified atom stereocenters. The molecule has 2 aromatic heterocycles. The highest BCUT2D eigenvalue weighted by Gasteiger charge is 2.32. The van der Waals surface area contributed by atoms with Crippen molar-refractivity contribution in [1.82, 2.24) is 24.3 Å². The summed E-state index contributed by atoms with van der Waals surface area (Å²) in [6.07, 6.45) is 8.97. The van der Waals surface area contributed by atoms with Crippen molar-refractivity contribution in [1.29, 1.82) is 0 Å². The van der Waals surface area contributed by atoms with E-state index >= 15 is 0 Å². The second kappa shape index (κ2) is 12.5. The van der Waals surface area contributed by atoms with Crippen molar-refractivity contribution in [3.63, 3.8) is 0 Å². The Kier molecular flexibility index (Phi) is 8.39. The van der Waals surface area contributed by atoms with Crippen LogP contribution < -0.4 is 15.4 Å². The molecule has 2 aliphatic rings. The molecule has 2 fully saturated rings. The lowest BCUT2D eigenvalue weighted by molar-refractivity contribution is -0.117. The van der Waals surface area contributed by atoms with Crippen LogP contribution >= 0.6 is 0 Å². The standard InChI is InChI=1S/C33H41N7O2/c1-37-18-20-38(21-19-37)25-13-15-26(16-14-25)39-22-28(31-32(34)35-23-36-33(31)39)40(27-10-6-7-11-29(27)42-2)30(41)17-12-24-8-4-3-5-9-24/h3-11,22-23,25-26H,12-21H2,1-2H3,(H2,34,35,36). The summed E-state index contributed by atoms with van der Waals surface area (Å²) in [5.74, 6) is 0.953. The SMILES string of the molecule is COc1ccccc1N(C(=O)CCc1ccccc1)c1cn(C2CCC(N3CCN(C)CC3)CC2)c2ncnc(N)c12. The molecule has 0 bridgehead atoms. The van der Waals surface area contributed by atoms with Gasteiger partial charge in [-0.15, -0.1) is 0 Å². The first-order valence-electron chi connectivity index (χ1n) is 15.1. The molecule has 42 heavy (non-hydrogen) atoms. The van der Waals surface area contributed by atoms with E-state index < -0.39 is 0 Å². The average Bonchev–Trinajstić information content (AvgIpc) is 3.42. The number of rotatable bonds is 8. The number of piperazine rings is 1. The molecule has 2 N–H and O–H groups in total. The van der Waals surface area contributed by atoms with Crippen molar-refractivity contribution >= 4 is 34.1 Å². The molecule has 1 aliphatic heterocycles. The molecule has 4 aromatic rings. The summed E-state index contributed by atoms with van der Waals surface area (Å²) >= 11 is 0. The monoisotopic (exact) mass is 567 g/mol. The van der Waals surface area contributed by atoms with Crippen LogP contribution in [0.3, 0.4) is 0 Å². The molecule has 0 atom stereocenters. The number of fused-ring (bicyclic) bond motifs is 1. The maximum Gasteiger partial charge on any atom is 0.232 e. The number of ether oxygens (including phenoxy) is 1. The first kappa shape index (κ1) is 28.2. The van der Waals surface area contributed by atoms with E-state index in [1.807, 2.05) is 42.5 Å². The maximum atomic E-state index is 14.1. The van der Waals surface area contributed by atoms with Crippen molar-refractivity contribution in [2.75, 3.05) is 51.0 Å². The molecular formula is C33H41N7O2. The summed E-state index contributed by atoms with van der Waals surface area (Å²) < 4.78 is 7.98. The Morgan fingerprint density at radius 2 is 1.62 bits per heavy atom. The fraction of sp³-hybridized carbons (Fsp3) is 0.424. The summed E-state index contributed by atoms with van der Waals surface area (Å²) in [5.41, 5.74) is 9.81. The predicted octanol–water partition coefficient (Wildman–Crippen LogP) is 5.05. The molecule has 1 amide bonds. The number of anilines is 3. The Hall–Kier alpha value is -3.95. The van der Waals surface area contributed by atoms with E-state index in [4.69, 9.17) is 15.5 Å². The van der Waals surface area contributed by atoms with Crippen LogP contribution in [0.5, 0.6) is 5.75 Å². The van der Waals surface area contributed by atoms with E-state index in [0.717, 1.165) is 63.1 Å². The summed E-state index contributed by atoms with van der Waals surface area (Å²) in [5, 5.41) is 0.706. The summed E-state index contributed by atoms with van der Waals surface area (Å²) in [7, 11) is 3.84. The van der Waals surface area contributed by atoms with Gasteiger partial charge in [-0.1, -0.05) is 42.5 Å². The second-order valence-corrected chi connectivity index (χ2v) is 11.6. The van der Waals surface area contributed by atoms with Gasteiger partial charge in [-0.05, 0) is 56.8 Å². The van der Waals surface area contributed by atoms with E-state index in [-0.39, 0.29) is 11.9 Å². The average molecular weight is 568 g/mol. The van der Waals surface area contributed by atoms with Gasteiger partial charge in [0, 0.05) is 50.9 Å². The van der Waals surface area contributed by atoms with Crippen LogP contribution in [0.15, 0.2) is 67.1 Å². The number of nitrogen functional groups attached to an aromatic ring is 1. The van der Waals surface area contributed by atoms with E-state index in [2.05, 4.69) is 44.7 Å². The highest BCUT2D eigenvalue weighted by atomic mass is 16.5. The normalized spacial score (nSPS) is 20.0. The number of carbonyl (C=O) groups excluding carboxylic acids is 1. The van der Waals surface area contributed by atoms with E-state index in [1.165, 1.54) is 6.33 Å². The minimum Gasteiger partial charge on any atom is -0.495 e. The van der Waals surface area contributed by atoms with Gasteiger partial charge in [-0.25, -0.2) is 9.97 Å². The summed E-state index contributed by atoms with van der Waals surface area (Å²) in [4.78, 5) is 30.0. The zero-order chi connectivity index (χ0) is 29.1. The number of aryl methyl sites for hydroxylation is 1. The van der Waals surface area contributed by atoms with Crippen LogP contribution in [-0.4, -0.2) is 76.6 Å². The van der Waals surface area contributed by atoms with Gasteiger partial charge in [-0.3, -0.25) is 14.6 Å². The lowest BCUT2D eigenvalue weighted by Crippen LogP contribution is -2.49. The molecule has 1 aliphatic carbocycles. The van der Waals surface area contributed by atoms with Gasteiger partial charge in [0.25, 0.3) is 0 Å². The van der Waals surface area contributed by atoms with Gasteiger partial charge in [0.05, 0.1) is 23.9 Å². The Bertz CT molecular complexity index is 1510. The third kappa shape index (κ3) is 5.71. The molecular weight excluding hydrogens is 526 g/mol. The third-order valence-electron chi connectivity index (χ3n) is 9.02. The van der Waals surface area contributed by atoms with Crippen LogP contribution in [0.25, 0.3) is 11.0 Å². The fourth-order valence-corrected chi connectivity index (χ4v) is 6.65. The highest BCUT2D eigenvalue weighted by molar-refractivity contribution is 6.11. The van der Waals surface area contributed by atoms with Crippen LogP contribution in [0.1, 0.15) is 43.7 Å². The number of nitrogens with zero attached hydrogens (tertiary/aromatic N) is 6. The molecule has 2 aromatic carbocycles. The smallest absolute Gasteiger partial charge is 0.232 e. The molecule has 1 saturated heterocycles. The van der Waals surface area contributed by atoms with Gasteiger partial charge < -0.3 is 19.9 Å². The lowest BCUT2D eigenvalue weighted by atomic mass is 9.89. The highest BCUT2D eigenvalue weighted by Crippen LogP contribution is 2.43. The molecule has 0 radical (unpaired) electrons. The molecule has 9 heteroatoms. The number of hydrogen-bond acceptors (Lipinski definition) is 7. The van der Waals surface area contributed by atoms with Crippen molar-refractivity contribution in [3.05, 3.63) is 72.7 Å². The number of methoxy groups -OCH3 is 1. The first-order chi connectivity index (χ1) is 20.5. The Balaban J connectivity index is 1.34. The van der Waals surface area contributed by atoms with Gasteiger partial charge in [0.15, 0.2) is 0 Å². The van der Waals surface area contributed by atoms with Gasteiger partial charge in [0.1, 0.15) is 23.5 Å². The lowest BCUT2D eigenvalue weighted by Gasteiger charge is -2.41. The molecule has 0 spiro atoms. The maximum absolute atomic E-state index is 14.1. The second-order valence-electron chi connectivity index (χ2n) is 11.6. The van der Waals surface area contributed by atoms with Crippen molar-refractivity contribution in [3.8, 4) is 5.75 Å². The van der Waals surface area contributed by atoms with Crippen LogP contribution in [0, 0.1) is 0 Å². The topological polar surface area (TPSA) is 92.8 Å². The predicted molar refractivity (Wildman–Crippen MR) is 167 cm³/mol. The number of hydrogen-bond donors (Lipinski definition) is 1. The van der Waals surface area contributed by atoms with Crippen molar-refractivity contribution in [2.45, 2.75) is 50.6 Å². The zero-order valence-electron chi connectivity index (χ0n) is 24.7. The number of carbonyl (C=O) groups is 1. The number of benzene rings is 2. The molecule has 220 valence electrons. The van der Waals surface area contributed by atoms with E-state index in [9.17, 15) is 4.79 Å².